The molecule has 0 spiro atoms. The Balaban J connectivity index is 1.19. The molecule has 5 rings (SSSR count). The first-order valence-corrected chi connectivity index (χ1v) is 26.8. The zero-order chi connectivity index (χ0) is 51.0. The third-order valence-corrected chi connectivity index (χ3v) is 14.0. The SMILES string of the molecule is CCCCCCCCCCCCCCCC(=O)NC(COCc1ccccc1)C(=O)NCC(=O)NCC(=O)N(C)C1C(=O)N[C@@H](C)C(=O)NC(C)CCCC2=CC[C@H](OC)C(=C2)c2cc1ccc2C1CC1. The van der Waals surface area contributed by atoms with Gasteiger partial charge in [0.05, 0.1) is 32.4 Å². The second-order valence-corrected chi connectivity index (χ2v) is 20.0. The number of carbonyl (C=O) groups is 6. The summed E-state index contributed by atoms with van der Waals surface area (Å²) in [7, 11) is 3.21. The molecule has 0 radical (unpaired) electrons. The van der Waals surface area contributed by atoms with E-state index in [9.17, 15) is 28.8 Å². The highest BCUT2D eigenvalue weighted by molar-refractivity contribution is 5.95. The molecule has 4 bridgehead atoms. The zero-order valence-corrected chi connectivity index (χ0v) is 43.4. The standard InChI is InChI=1S/C57H84N6O8/c1-6-7-8-9-10-11-12-13-14-15-16-17-21-27-51(64)62-49(39-71-38-43-24-19-18-20-25-43)56(68)59-36-52(65)58-37-53(66)63(4)54-45-31-32-46(44-29-30-44)47(35-45)48-34-42(28-33-50(48)70-5)26-22-23-40(2)60-55(67)41(3)61-57(54)69/h18-20,24-25,28,31-32,34-35,40-41,44,49-50,54H,6-17,21-23,26-27,29-30,33,36-39H2,1-5H3,(H,58,65)(H,59,68)(H,60,67)(H,61,69)(H,62,64)/t40?,41-,49?,50-,54?/m0/s1. The van der Waals surface area contributed by atoms with Crippen molar-refractivity contribution < 1.29 is 38.2 Å². The molecule has 390 valence electrons. The third-order valence-electron chi connectivity index (χ3n) is 14.0. The van der Waals surface area contributed by atoms with Crippen LogP contribution in [0.5, 0.6) is 0 Å². The van der Waals surface area contributed by atoms with Gasteiger partial charge >= 0.3 is 0 Å². The minimum absolute atomic E-state index is 0.108. The molecule has 1 heterocycles. The fourth-order valence-corrected chi connectivity index (χ4v) is 9.51. The van der Waals surface area contributed by atoms with Crippen molar-refractivity contribution in [3.63, 3.8) is 0 Å². The van der Waals surface area contributed by atoms with E-state index in [-0.39, 0.29) is 43.6 Å². The average Bonchev–Trinajstić information content (AvgIpc) is 4.22. The van der Waals surface area contributed by atoms with Gasteiger partial charge in [-0.2, -0.15) is 0 Å². The Morgan fingerprint density at radius 2 is 1.46 bits per heavy atom. The average molecular weight is 981 g/mol. The van der Waals surface area contributed by atoms with Crippen LogP contribution in [0.25, 0.3) is 5.57 Å². The fourth-order valence-electron chi connectivity index (χ4n) is 9.51. The number of amides is 6. The highest BCUT2D eigenvalue weighted by Crippen LogP contribution is 2.46. The summed E-state index contributed by atoms with van der Waals surface area (Å²) in [4.78, 5) is 82.7. The highest BCUT2D eigenvalue weighted by atomic mass is 16.5. The number of likely N-dealkylation sites (N-methyl/N-ethyl adjacent to an activating group) is 1. The first kappa shape index (κ1) is 56.6. The lowest BCUT2D eigenvalue weighted by Crippen LogP contribution is -2.52. The lowest BCUT2D eigenvalue weighted by atomic mass is 9.84. The van der Waals surface area contributed by atoms with Crippen molar-refractivity contribution in [1.29, 1.82) is 0 Å². The molecule has 1 fully saturated rings. The number of allylic oxidation sites excluding steroid dienone is 2. The number of benzene rings is 2. The largest absolute Gasteiger partial charge is 0.376 e. The fraction of sp³-hybridized carbons (Fsp3) is 0.614. The van der Waals surface area contributed by atoms with Crippen LogP contribution in [0.3, 0.4) is 0 Å². The quantitative estimate of drug-likeness (QED) is 0.0553. The molecule has 14 heteroatoms. The second kappa shape index (κ2) is 30.5. The van der Waals surface area contributed by atoms with Crippen molar-refractivity contribution in [3.05, 3.63) is 88.5 Å². The van der Waals surface area contributed by atoms with E-state index in [4.69, 9.17) is 9.47 Å². The Morgan fingerprint density at radius 1 is 0.789 bits per heavy atom. The molecule has 71 heavy (non-hydrogen) atoms. The van der Waals surface area contributed by atoms with Crippen molar-refractivity contribution in [3.8, 4) is 0 Å². The summed E-state index contributed by atoms with van der Waals surface area (Å²) in [5, 5.41) is 13.9. The van der Waals surface area contributed by atoms with E-state index < -0.39 is 54.8 Å². The van der Waals surface area contributed by atoms with Crippen LogP contribution in [0.4, 0.5) is 0 Å². The summed E-state index contributed by atoms with van der Waals surface area (Å²) in [6, 6.07) is 12.2. The van der Waals surface area contributed by atoms with Crippen molar-refractivity contribution in [1.82, 2.24) is 31.5 Å². The first-order chi connectivity index (χ1) is 34.4. The summed E-state index contributed by atoms with van der Waals surface area (Å²) in [6.45, 7) is 5.00. The molecule has 5 N–H and O–H groups in total. The highest BCUT2D eigenvalue weighted by Gasteiger charge is 2.35. The lowest BCUT2D eigenvalue weighted by molar-refractivity contribution is -0.140. The third kappa shape index (κ3) is 19.3. The Morgan fingerprint density at radius 3 is 2.13 bits per heavy atom. The van der Waals surface area contributed by atoms with E-state index in [1.165, 1.54) is 80.9 Å². The Labute approximate surface area is 423 Å². The number of hydrogen-bond donors (Lipinski definition) is 5. The number of nitrogens with one attached hydrogen (secondary N) is 5. The molecular formula is C57H84N6O8. The van der Waals surface area contributed by atoms with E-state index in [1.54, 1.807) is 14.0 Å². The van der Waals surface area contributed by atoms with Crippen LogP contribution in [0, 0.1) is 0 Å². The van der Waals surface area contributed by atoms with Gasteiger partial charge in [-0.05, 0) is 98.6 Å². The molecule has 1 aliphatic heterocycles. The summed E-state index contributed by atoms with van der Waals surface area (Å²) in [5.74, 6) is -2.57. The van der Waals surface area contributed by atoms with Crippen LogP contribution >= 0.6 is 0 Å². The second-order valence-electron chi connectivity index (χ2n) is 20.0. The Hall–Kier alpha value is -5.34. The van der Waals surface area contributed by atoms with Gasteiger partial charge in [-0.25, -0.2) is 0 Å². The summed E-state index contributed by atoms with van der Waals surface area (Å²) < 4.78 is 11.9. The lowest BCUT2D eigenvalue weighted by Gasteiger charge is -2.31. The molecule has 2 aromatic rings. The van der Waals surface area contributed by atoms with Crippen LogP contribution < -0.4 is 26.6 Å². The Kier molecular flexibility index (Phi) is 24.3. The molecule has 0 aromatic heterocycles. The van der Waals surface area contributed by atoms with E-state index in [2.05, 4.69) is 45.7 Å². The predicted octanol–water partition coefficient (Wildman–Crippen LogP) is 8.40. The molecule has 2 aromatic carbocycles. The molecular weight excluding hydrogens is 897 g/mol. The minimum Gasteiger partial charge on any atom is -0.376 e. The van der Waals surface area contributed by atoms with Crippen LogP contribution in [-0.4, -0.2) is 98.4 Å². The number of hydrogen-bond acceptors (Lipinski definition) is 8. The summed E-state index contributed by atoms with van der Waals surface area (Å²) in [5.41, 5.74) is 5.85. The molecule has 14 nitrogen and oxygen atoms in total. The molecule has 5 atom stereocenters. The van der Waals surface area contributed by atoms with Crippen LogP contribution in [0.1, 0.15) is 183 Å². The van der Waals surface area contributed by atoms with Gasteiger partial charge in [0, 0.05) is 26.6 Å². The molecule has 1 saturated carbocycles. The topological polar surface area (TPSA) is 184 Å². The number of nitrogens with zero attached hydrogens (tertiary/aromatic N) is 1. The maximum Gasteiger partial charge on any atom is 0.248 e. The van der Waals surface area contributed by atoms with Gasteiger partial charge in [-0.15, -0.1) is 0 Å². The van der Waals surface area contributed by atoms with Crippen molar-refractivity contribution in [2.24, 2.45) is 0 Å². The number of rotatable bonds is 27. The van der Waals surface area contributed by atoms with Gasteiger partial charge in [0.15, 0.2) is 0 Å². The van der Waals surface area contributed by atoms with Crippen molar-refractivity contribution >= 4 is 41.0 Å². The van der Waals surface area contributed by atoms with E-state index >= 15 is 0 Å². The van der Waals surface area contributed by atoms with Crippen LogP contribution in [-0.2, 0) is 44.8 Å². The number of unbranched alkanes of at least 4 members (excludes halogenated alkanes) is 12. The minimum atomic E-state index is -1.16. The van der Waals surface area contributed by atoms with Gasteiger partial charge in [0.25, 0.3) is 0 Å². The van der Waals surface area contributed by atoms with Gasteiger partial charge in [-0.3, -0.25) is 28.8 Å². The van der Waals surface area contributed by atoms with Gasteiger partial charge in [0.1, 0.15) is 18.1 Å². The zero-order valence-electron chi connectivity index (χ0n) is 43.4. The predicted molar refractivity (Wildman–Crippen MR) is 279 cm³/mol. The van der Waals surface area contributed by atoms with E-state index in [1.807, 2.05) is 55.5 Å². The molecule has 6 amide bonds. The maximum absolute atomic E-state index is 14.3. The molecule has 0 saturated heterocycles. The maximum atomic E-state index is 14.3. The van der Waals surface area contributed by atoms with Crippen LogP contribution in [0.2, 0.25) is 0 Å². The van der Waals surface area contributed by atoms with Crippen molar-refractivity contribution in [2.45, 2.75) is 192 Å². The van der Waals surface area contributed by atoms with Gasteiger partial charge in [0.2, 0.25) is 35.4 Å². The number of fused-ring (bicyclic) bond motifs is 4. The normalized spacial score (nSPS) is 19.8. The number of methoxy groups -OCH3 is 1. The Bertz CT molecular complexity index is 2100. The molecule has 3 aliphatic rings. The van der Waals surface area contributed by atoms with Gasteiger partial charge in [-0.1, -0.05) is 144 Å². The number of carbonyl (C=O) groups excluding carboxylic acids is 6. The molecule has 2 aliphatic carbocycles. The smallest absolute Gasteiger partial charge is 0.248 e. The number of ether oxygens (including phenoxy) is 2. The first-order valence-electron chi connectivity index (χ1n) is 26.8. The monoisotopic (exact) mass is 981 g/mol. The summed E-state index contributed by atoms with van der Waals surface area (Å²) in [6.07, 6.45) is 25.4. The van der Waals surface area contributed by atoms with E-state index in [0.717, 1.165) is 68.1 Å². The van der Waals surface area contributed by atoms with Gasteiger partial charge < -0.3 is 41.0 Å². The van der Waals surface area contributed by atoms with E-state index in [0.29, 0.717) is 24.3 Å². The van der Waals surface area contributed by atoms with Crippen LogP contribution in [0.15, 0.2) is 66.3 Å². The summed E-state index contributed by atoms with van der Waals surface area (Å²) >= 11 is 0. The van der Waals surface area contributed by atoms with Crippen molar-refractivity contribution in [2.75, 3.05) is 33.9 Å². The molecule has 3 unspecified atom stereocenters.